The van der Waals surface area contributed by atoms with E-state index < -0.39 is 21.6 Å². The van der Waals surface area contributed by atoms with Crippen molar-refractivity contribution in [3.63, 3.8) is 0 Å². The highest BCUT2D eigenvalue weighted by Gasteiger charge is 2.18. The first-order chi connectivity index (χ1) is 13.6. The van der Waals surface area contributed by atoms with Crippen LogP contribution in [0.5, 0.6) is 5.75 Å². The number of hydrogen-bond acceptors (Lipinski definition) is 6. The van der Waals surface area contributed by atoms with Gasteiger partial charge in [0.15, 0.2) is 0 Å². The first-order valence-corrected chi connectivity index (χ1v) is 10.2. The Morgan fingerprint density at radius 1 is 1.17 bits per heavy atom. The summed E-state index contributed by atoms with van der Waals surface area (Å²) in [4.78, 5) is 24.8. The van der Waals surface area contributed by atoms with Crippen LogP contribution in [0.15, 0.2) is 50.5 Å². The predicted molar refractivity (Wildman–Crippen MR) is 109 cm³/mol. The number of aryl methyl sites for hydroxylation is 2. The van der Waals surface area contributed by atoms with E-state index in [4.69, 9.17) is 14.3 Å². The molecule has 9 heteroatoms. The predicted octanol–water partition coefficient (Wildman–Crippen LogP) is 2.25. The molecule has 0 spiro atoms. The molecule has 1 aromatic heterocycles. The lowest BCUT2D eigenvalue weighted by Gasteiger charge is -2.12. The van der Waals surface area contributed by atoms with Crippen molar-refractivity contribution in [2.24, 2.45) is 5.14 Å². The minimum absolute atomic E-state index is 0.0658. The summed E-state index contributed by atoms with van der Waals surface area (Å²) >= 11 is 0. The molecule has 0 aliphatic carbocycles. The molecule has 0 fully saturated rings. The topological polar surface area (TPSA) is 129 Å². The van der Waals surface area contributed by atoms with Crippen LogP contribution in [-0.2, 0) is 21.2 Å². The van der Waals surface area contributed by atoms with E-state index in [1.54, 1.807) is 13.0 Å². The van der Waals surface area contributed by atoms with E-state index in [0.717, 1.165) is 5.56 Å². The number of sulfonamides is 1. The van der Waals surface area contributed by atoms with E-state index in [1.165, 1.54) is 31.4 Å². The fraction of sp³-hybridized carbons (Fsp3) is 0.200. The number of primary sulfonamides is 1. The van der Waals surface area contributed by atoms with Gasteiger partial charge in [-0.3, -0.25) is 4.79 Å². The molecule has 0 aliphatic rings. The highest BCUT2D eigenvalue weighted by molar-refractivity contribution is 7.89. The minimum Gasteiger partial charge on any atom is -0.496 e. The zero-order valence-electron chi connectivity index (χ0n) is 16.1. The Morgan fingerprint density at radius 3 is 2.41 bits per heavy atom. The monoisotopic (exact) mass is 416 g/mol. The molecule has 0 saturated carbocycles. The number of nitrogens with one attached hydrogen (secondary N) is 1. The van der Waals surface area contributed by atoms with E-state index in [-0.39, 0.29) is 16.9 Å². The van der Waals surface area contributed by atoms with Crippen LogP contribution >= 0.6 is 0 Å². The highest BCUT2D eigenvalue weighted by atomic mass is 32.2. The van der Waals surface area contributed by atoms with Crippen molar-refractivity contribution in [1.82, 2.24) is 0 Å². The third-order valence-corrected chi connectivity index (χ3v) is 5.44. The second-order valence-corrected chi connectivity index (χ2v) is 8.19. The number of rotatable bonds is 5. The van der Waals surface area contributed by atoms with Crippen molar-refractivity contribution in [1.29, 1.82) is 0 Å². The summed E-state index contributed by atoms with van der Waals surface area (Å²) in [5, 5.41) is 8.31. The average molecular weight is 416 g/mol. The first kappa shape index (κ1) is 20.6. The van der Waals surface area contributed by atoms with Gasteiger partial charge in [-0.25, -0.2) is 18.4 Å². The maximum absolute atomic E-state index is 12.4. The largest absolute Gasteiger partial charge is 0.496 e. The molecule has 0 atom stereocenters. The lowest BCUT2D eigenvalue weighted by molar-refractivity contribution is -0.115. The molecule has 1 heterocycles. The highest BCUT2D eigenvalue weighted by Crippen LogP contribution is 2.30. The van der Waals surface area contributed by atoms with Gasteiger partial charge in [-0.1, -0.05) is 0 Å². The summed E-state index contributed by atoms with van der Waals surface area (Å²) in [6.07, 6.45) is -0.210. The van der Waals surface area contributed by atoms with Gasteiger partial charge < -0.3 is 14.5 Å². The SMILES string of the molecule is COc1cc(C)cc2oc(=O)c(CC(=O)Nc3ccc(S(N)(=O)=O)cc3)c(C)c12. The fourth-order valence-corrected chi connectivity index (χ4v) is 3.61. The lowest BCUT2D eigenvalue weighted by Crippen LogP contribution is -2.21. The number of hydrogen-bond donors (Lipinski definition) is 2. The summed E-state index contributed by atoms with van der Waals surface area (Å²) < 4.78 is 33.4. The van der Waals surface area contributed by atoms with Crippen molar-refractivity contribution < 1.29 is 22.4 Å². The van der Waals surface area contributed by atoms with Gasteiger partial charge in [0.1, 0.15) is 11.3 Å². The number of fused-ring (bicyclic) bond motifs is 1. The summed E-state index contributed by atoms with van der Waals surface area (Å²) in [6.45, 7) is 3.60. The molecule has 3 rings (SSSR count). The second-order valence-electron chi connectivity index (χ2n) is 6.63. The number of methoxy groups -OCH3 is 1. The molecule has 3 N–H and O–H groups in total. The Kier molecular flexibility index (Phi) is 5.45. The Balaban J connectivity index is 1.90. The van der Waals surface area contributed by atoms with Gasteiger partial charge in [0.2, 0.25) is 15.9 Å². The number of nitrogens with two attached hydrogens (primary N) is 1. The van der Waals surface area contributed by atoms with Crippen molar-refractivity contribution in [3.05, 3.63) is 63.5 Å². The Bertz CT molecular complexity index is 1260. The van der Waals surface area contributed by atoms with E-state index in [0.29, 0.717) is 28.0 Å². The number of amides is 1. The van der Waals surface area contributed by atoms with Crippen LogP contribution in [0.25, 0.3) is 11.0 Å². The van der Waals surface area contributed by atoms with Crippen LogP contribution in [-0.4, -0.2) is 21.4 Å². The zero-order chi connectivity index (χ0) is 21.3. The molecule has 0 aliphatic heterocycles. The second kappa shape index (κ2) is 7.69. The zero-order valence-corrected chi connectivity index (χ0v) is 16.9. The molecule has 0 radical (unpaired) electrons. The van der Waals surface area contributed by atoms with Gasteiger partial charge >= 0.3 is 5.63 Å². The van der Waals surface area contributed by atoms with Gasteiger partial charge in [0.05, 0.1) is 29.4 Å². The Morgan fingerprint density at radius 2 is 1.83 bits per heavy atom. The van der Waals surface area contributed by atoms with Gasteiger partial charge in [-0.05, 0) is 61.4 Å². The van der Waals surface area contributed by atoms with Crippen molar-refractivity contribution in [3.8, 4) is 5.75 Å². The standard InChI is InChI=1S/C20H20N2O6S/c1-11-8-16(27-3)19-12(2)15(20(24)28-17(19)9-11)10-18(23)22-13-4-6-14(7-5-13)29(21,25)26/h4-9H,10H2,1-3H3,(H,22,23)(H2,21,25,26). The molecule has 0 unspecified atom stereocenters. The van der Waals surface area contributed by atoms with Gasteiger partial charge in [0.25, 0.3) is 0 Å². The molecule has 152 valence electrons. The van der Waals surface area contributed by atoms with Crippen LogP contribution in [0.4, 0.5) is 5.69 Å². The third-order valence-electron chi connectivity index (χ3n) is 4.51. The molecule has 29 heavy (non-hydrogen) atoms. The molecule has 2 aromatic carbocycles. The normalized spacial score (nSPS) is 11.4. The number of carbonyl (C=O) groups is 1. The number of carbonyl (C=O) groups excluding carboxylic acids is 1. The molecule has 8 nitrogen and oxygen atoms in total. The van der Waals surface area contributed by atoms with Gasteiger partial charge in [-0.2, -0.15) is 0 Å². The smallest absolute Gasteiger partial charge is 0.340 e. The van der Waals surface area contributed by atoms with Crippen LogP contribution in [0.2, 0.25) is 0 Å². The van der Waals surface area contributed by atoms with E-state index in [1.807, 2.05) is 13.0 Å². The quantitative estimate of drug-likeness (QED) is 0.614. The molecule has 3 aromatic rings. The van der Waals surface area contributed by atoms with Crippen LogP contribution in [0, 0.1) is 13.8 Å². The van der Waals surface area contributed by atoms with E-state index >= 15 is 0 Å². The molecule has 0 bridgehead atoms. The number of benzene rings is 2. The third kappa shape index (κ3) is 4.30. The van der Waals surface area contributed by atoms with Gasteiger partial charge in [-0.15, -0.1) is 0 Å². The number of anilines is 1. The Labute approximate surface area is 167 Å². The van der Waals surface area contributed by atoms with E-state index in [9.17, 15) is 18.0 Å². The average Bonchev–Trinajstić information content (AvgIpc) is 2.63. The first-order valence-electron chi connectivity index (χ1n) is 8.64. The van der Waals surface area contributed by atoms with Crippen molar-refractivity contribution in [2.45, 2.75) is 25.2 Å². The summed E-state index contributed by atoms with van der Waals surface area (Å²) in [7, 11) is -2.29. The summed E-state index contributed by atoms with van der Waals surface area (Å²) in [5.74, 6) is 0.107. The Hall–Kier alpha value is -3.17. The van der Waals surface area contributed by atoms with Crippen LogP contribution in [0.3, 0.4) is 0 Å². The van der Waals surface area contributed by atoms with Crippen molar-refractivity contribution in [2.75, 3.05) is 12.4 Å². The maximum Gasteiger partial charge on any atom is 0.340 e. The fourth-order valence-electron chi connectivity index (χ4n) is 3.10. The van der Waals surface area contributed by atoms with Crippen molar-refractivity contribution >= 4 is 32.6 Å². The molecular formula is C20H20N2O6S. The van der Waals surface area contributed by atoms with Gasteiger partial charge in [0, 0.05) is 5.69 Å². The van der Waals surface area contributed by atoms with E-state index in [2.05, 4.69) is 5.32 Å². The molecular weight excluding hydrogens is 396 g/mol. The maximum atomic E-state index is 12.4. The number of ether oxygens (including phenoxy) is 1. The molecule has 1 amide bonds. The lowest BCUT2D eigenvalue weighted by atomic mass is 10.0. The minimum atomic E-state index is -3.82. The summed E-state index contributed by atoms with van der Waals surface area (Å²) in [6, 6.07) is 8.97. The molecule has 0 saturated heterocycles. The van der Waals surface area contributed by atoms with Crippen LogP contribution in [0.1, 0.15) is 16.7 Å². The summed E-state index contributed by atoms with van der Waals surface area (Å²) in [5.41, 5.74) is 1.88. The van der Waals surface area contributed by atoms with Crippen LogP contribution < -0.4 is 20.8 Å².